The van der Waals surface area contributed by atoms with E-state index in [0.717, 1.165) is 0 Å². The SMILES string of the molecule is CCCCCC=CCSCC. The lowest BCUT2D eigenvalue weighted by molar-refractivity contribution is 0.729. The molecule has 0 saturated carbocycles. The van der Waals surface area contributed by atoms with Crippen LogP contribution in [0.15, 0.2) is 12.2 Å². The quantitative estimate of drug-likeness (QED) is 0.415. The second-order valence-electron chi connectivity index (χ2n) is 2.63. The van der Waals surface area contributed by atoms with E-state index in [1.165, 1.54) is 37.2 Å². The predicted molar refractivity (Wildman–Crippen MR) is 56.3 cm³/mol. The molecule has 0 nitrogen and oxygen atoms in total. The fraction of sp³-hybridized carbons (Fsp3) is 0.800. The molecule has 1 heteroatoms. The van der Waals surface area contributed by atoms with E-state index in [1.54, 1.807) is 0 Å². The van der Waals surface area contributed by atoms with E-state index in [0.29, 0.717) is 0 Å². The standard InChI is InChI=1S/C10H20S/c1-3-5-6-7-8-9-10-11-4-2/h8-9H,3-7,10H2,1-2H3. The lowest BCUT2D eigenvalue weighted by Crippen LogP contribution is -1.74. The van der Waals surface area contributed by atoms with Gasteiger partial charge in [-0.3, -0.25) is 0 Å². The molecule has 66 valence electrons. The molecule has 0 bridgehead atoms. The average Bonchev–Trinajstić information content (AvgIpc) is 2.03. The highest BCUT2D eigenvalue weighted by Crippen LogP contribution is 2.02. The van der Waals surface area contributed by atoms with E-state index < -0.39 is 0 Å². The molecule has 0 heterocycles. The molecular formula is C10H20S. The van der Waals surface area contributed by atoms with Crippen LogP contribution in [0.2, 0.25) is 0 Å². The van der Waals surface area contributed by atoms with E-state index in [1.807, 2.05) is 11.8 Å². The van der Waals surface area contributed by atoms with E-state index in [-0.39, 0.29) is 0 Å². The van der Waals surface area contributed by atoms with Crippen molar-refractivity contribution in [1.82, 2.24) is 0 Å². The summed E-state index contributed by atoms with van der Waals surface area (Å²) in [6, 6.07) is 0. The highest BCUT2D eigenvalue weighted by molar-refractivity contribution is 7.99. The molecule has 0 amide bonds. The summed E-state index contributed by atoms with van der Waals surface area (Å²) >= 11 is 1.99. The Morgan fingerprint density at radius 2 is 1.91 bits per heavy atom. The fourth-order valence-corrected chi connectivity index (χ4v) is 1.39. The van der Waals surface area contributed by atoms with Crippen molar-refractivity contribution in [3.8, 4) is 0 Å². The molecule has 0 N–H and O–H groups in total. The monoisotopic (exact) mass is 172 g/mol. The van der Waals surface area contributed by atoms with Gasteiger partial charge in [0.2, 0.25) is 0 Å². The third-order valence-corrected chi connectivity index (χ3v) is 2.40. The highest BCUT2D eigenvalue weighted by Gasteiger charge is 1.81. The molecule has 0 aliphatic heterocycles. The van der Waals surface area contributed by atoms with Crippen LogP contribution in [0.3, 0.4) is 0 Å². The molecule has 0 saturated heterocycles. The second-order valence-corrected chi connectivity index (χ2v) is 3.95. The Hall–Kier alpha value is 0.0900. The van der Waals surface area contributed by atoms with Gasteiger partial charge in [-0.05, 0) is 18.6 Å². The number of unbranched alkanes of at least 4 members (excludes halogenated alkanes) is 3. The van der Waals surface area contributed by atoms with Crippen LogP contribution < -0.4 is 0 Å². The van der Waals surface area contributed by atoms with E-state index in [2.05, 4.69) is 26.0 Å². The molecule has 0 aliphatic carbocycles. The van der Waals surface area contributed by atoms with Crippen LogP contribution in [-0.4, -0.2) is 11.5 Å². The Balaban J connectivity index is 2.91. The Morgan fingerprint density at radius 3 is 2.55 bits per heavy atom. The minimum atomic E-state index is 1.20. The van der Waals surface area contributed by atoms with Crippen LogP contribution in [0.5, 0.6) is 0 Å². The van der Waals surface area contributed by atoms with Crippen molar-refractivity contribution in [2.75, 3.05) is 11.5 Å². The van der Waals surface area contributed by atoms with Crippen LogP contribution >= 0.6 is 11.8 Å². The molecule has 11 heavy (non-hydrogen) atoms. The molecule has 0 rings (SSSR count). The molecule has 0 atom stereocenters. The number of hydrogen-bond acceptors (Lipinski definition) is 1. The Bertz CT molecular complexity index is 86.9. The van der Waals surface area contributed by atoms with E-state index >= 15 is 0 Å². The van der Waals surface area contributed by atoms with Gasteiger partial charge in [-0.25, -0.2) is 0 Å². The van der Waals surface area contributed by atoms with Gasteiger partial charge in [0.05, 0.1) is 0 Å². The highest BCUT2D eigenvalue weighted by atomic mass is 32.2. The van der Waals surface area contributed by atoms with Crippen molar-refractivity contribution >= 4 is 11.8 Å². The summed E-state index contributed by atoms with van der Waals surface area (Å²) < 4.78 is 0. The number of allylic oxidation sites excluding steroid dienone is 1. The first kappa shape index (κ1) is 11.1. The molecule has 0 aromatic carbocycles. The Morgan fingerprint density at radius 1 is 1.09 bits per heavy atom. The predicted octanol–water partition coefficient (Wildman–Crippen LogP) is 3.88. The van der Waals surface area contributed by atoms with Gasteiger partial charge in [0.25, 0.3) is 0 Å². The van der Waals surface area contributed by atoms with Gasteiger partial charge in [-0.2, -0.15) is 11.8 Å². The summed E-state index contributed by atoms with van der Waals surface area (Å²) in [5, 5.41) is 0. The lowest BCUT2D eigenvalue weighted by atomic mass is 10.2. The average molecular weight is 172 g/mol. The van der Waals surface area contributed by atoms with Crippen molar-refractivity contribution < 1.29 is 0 Å². The molecule has 0 aromatic rings. The molecule has 0 aromatic heterocycles. The summed E-state index contributed by atoms with van der Waals surface area (Å²) in [6.07, 6.45) is 9.97. The molecule has 0 radical (unpaired) electrons. The number of hydrogen-bond donors (Lipinski definition) is 0. The largest absolute Gasteiger partial charge is 0.158 e. The number of thioether (sulfide) groups is 1. The summed E-state index contributed by atoms with van der Waals surface area (Å²) in [4.78, 5) is 0. The van der Waals surface area contributed by atoms with Crippen LogP contribution in [0, 0.1) is 0 Å². The van der Waals surface area contributed by atoms with Gasteiger partial charge in [-0.15, -0.1) is 0 Å². The summed E-state index contributed by atoms with van der Waals surface area (Å²) in [7, 11) is 0. The van der Waals surface area contributed by atoms with Crippen molar-refractivity contribution in [3.05, 3.63) is 12.2 Å². The van der Waals surface area contributed by atoms with Gasteiger partial charge in [0.1, 0.15) is 0 Å². The van der Waals surface area contributed by atoms with Crippen molar-refractivity contribution in [2.24, 2.45) is 0 Å². The number of rotatable bonds is 7. The van der Waals surface area contributed by atoms with Crippen LogP contribution in [-0.2, 0) is 0 Å². The molecular weight excluding hydrogens is 152 g/mol. The maximum atomic E-state index is 2.32. The first-order valence-corrected chi connectivity index (χ1v) is 5.80. The zero-order chi connectivity index (χ0) is 8.36. The van der Waals surface area contributed by atoms with Gasteiger partial charge in [0, 0.05) is 5.75 Å². The summed E-state index contributed by atoms with van der Waals surface area (Å²) in [5.74, 6) is 2.43. The van der Waals surface area contributed by atoms with Crippen molar-refractivity contribution in [2.45, 2.75) is 39.5 Å². The normalized spacial score (nSPS) is 11.1. The first-order chi connectivity index (χ1) is 5.41. The minimum Gasteiger partial charge on any atom is -0.158 e. The summed E-state index contributed by atoms with van der Waals surface area (Å²) in [5.41, 5.74) is 0. The minimum absolute atomic E-state index is 1.20. The van der Waals surface area contributed by atoms with Gasteiger partial charge >= 0.3 is 0 Å². The van der Waals surface area contributed by atoms with Crippen LogP contribution in [0.1, 0.15) is 39.5 Å². The van der Waals surface area contributed by atoms with E-state index in [9.17, 15) is 0 Å². The van der Waals surface area contributed by atoms with Crippen LogP contribution in [0.4, 0.5) is 0 Å². The van der Waals surface area contributed by atoms with Gasteiger partial charge in [0.15, 0.2) is 0 Å². The molecule has 0 unspecified atom stereocenters. The van der Waals surface area contributed by atoms with Gasteiger partial charge < -0.3 is 0 Å². The van der Waals surface area contributed by atoms with Gasteiger partial charge in [-0.1, -0.05) is 38.8 Å². The maximum absolute atomic E-state index is 2.32. The lowest BCUT2D eigenvalue weighted by Gasteiger charge is -1.91. The Labute approximate surface area is 75.5 Å². The topological polar surface area (TPSA) is 0 Å². The second kappa shape index (κ2) is 10.1. The first-order valence-electron chi connectivity index (χ1n) is 4.64. The molecule has 0 fully saturated rings. The third kappa shape index (κ3) is 10.1. The zero-order valence-electron chi connectivity index (χ0n) is 7.81. The summed E-state index contributed by atoms with van der Waals surface area (Å²) in [6.45, 7) is 4.45. The Kier molecular flexibility index (Phi) is 10.2. The van der Waals surface area contributed by atoms with Crippen molar-refractivity contribution in [3.63, 3.8) is 0 Å². The maximum Gasteiger partial charge on any atom is 0.0113 e. The molecule has 0 aliphatic rings. The van der Waals surface area contributed by atoms with Crippen molar-refractivity contribution in [1.29, 1.82) is 0 Å². The van der Waals surface area contributed by atoms with E-state index in [4.69, 9.17) is 0 Å². The smallest absolute Gasteiger partial charge is 0.0113 e. The van der Waals surface area contributed by atoms with Crippen LogP contribution in [0.25, 0.3) is 0 Å². The zero-order valence-corrected chi connectivity index (χ0v) is 8.62. The third-order valence-electron chi connectivity index (χ3n) is 1.56. The fourth-order valence-electron chi connectivity index (χ4n) is 0.884. The molecule has 0 spiro atoms.